The molecule has 0 atom stereocenters. The Morgan fingerprint density at radius 1 is 1.09 bits per heavy atom. The van der Waals surface area contributed by atoms with Gasteiger partial charge in [0.2, 0.25) is 5.82 Å². The zero-order chi connectivity index (χ0) is 23.6. The SMILES string of the molecule is CCCCN(CC)c1ccc(C=c2c(C(C)(C)C)nn3c(-c4cnccn4)nnc23)c(C)c1. The number of aromatic nitrogens is 6. The predicted molar refractivity (Wildman–Crippen MR) is 133 cm³/mol. The van der Waals surface area contributed by atoms with Crippen molar-refractivity contribution >= 4 is 17.4 Å². The van der Waals surface area contributed by atoms with Gasteiger partial charge in [0.15, 0.2) is 5.65 Å². The number of rotatable bonds is 7. The van der Waals surface area contributed by atoms with Crippen molar-refractivity contribution in [2.24, 2.45) is 0 Å². The molecule has 33 heavy (non-hydrogen) atoms. The summed E-state index contributed by atoms with van der Waals surface area (Å²) in [6.07, 6.45) is 9.59. The van der Waals surface area contributed by atoms with Crippen LogP contribution in [0, 0.1) is 6.92 Å². The normalized spacial score (nSPS) is 12.6. The van der Waals surface area contributed by atoms with Crippen LogP contribution < -0.4 is 10.1 Å². The van der Waals surface area contributed by atoms with E-state index in [0.29, 0.717) is 11.5 Å². The highest BCUT2D eigenvalue weighted by atomic mass is 15.4. The van der Waals surface area contributed by atoms with Crippen molar-refractivity contribution in [3.05, 3.63) is 58.8 Å². The summed E-state index contributed by atoms with van der Waals surface area (Å²) in [7, 11) is 0. The van der Waals surface area contributed by atoms with Crippen molar-refractivity contribution < 1.29 is 0 Å². The number of anilines is 1. The van der Waals surface area contributed by atoms with Gasteiger partial charge in [0.25, 0.3) is 0 Å². The highest BCUT2D eigenvalue weighted by molar-refractivity contribution is 5.65. The van der Waals surface area contributed by atoms with E-state index in [0.717, 1.165) is 35.2 Å². The van der Waals surface area contributed by atoms with E-state index in [2.05, 4.69) is 90.9 Å². The largest absolute Gasteiger partial charge is 0.372 e. The first-order chi connectivity index (χ1) is 15.8. The number of aryl methyl sites for hydroxylation is 1. The number of fused-ring (bicyclic) bond motifs is 1. The highest BCUT2D eigenvalue weighted by Crippen LogP contribution is 2.23. The third-order valence-electron chi connectivity index (χ3n) is 5.92. The third-order valence-corrected chi connectivity index (χ3v) is 5.92. The van der Waals surface area contributed by atoms with E-state index >= 15 is 0 Å². The van der Waals surface area contributed by atoms with Crippen molar-refractivity contribution in [2.75, 3.05) is 18.0 Å². The molecule has 0 aliphatic rings. The second-order valence-corrected chi connectivity index (χ2v) is 9.48. The Balaban J connectivity index is 1.83. The van der Waals surface area contributed by atoms with Crippen LogP contribution in [0.4, 0.5) is 5.69 Å². The van der Waals surface area contributed by atoms with Gasteiger partial charge in [0.05, 0.1) is 11.9 Å². The highest BCUT2D eigenvalue weighted by Gasteiger charge is 2.24. The lowest BCUT2D eigenvalue weighted by Gasteiger charge is -2.23. The molecule has 0 aliphatic heterocycles. The molecule has 3 aromatic heterocycles. The molecule has 4 rings (SSSR count). The molecule has 0 bridgehead atoms. The Morgan fingerprint density at radius 2 is 1.91 bits per heavy atom. The number of hydrogen-bond acceptors (Lipinski definition) is 6. The van der Waals surface area contributed by atoms with Gasteiger partial charge in [0, 0.05) is 41.8 Å². The molecule has 172 valence electrons. The summed E-state index contributed by atoms with van der Waals surface area (Å²) >= 11 is 0. The van der Waals surface area contributed by atoms with Crippen LogP contribution in [-0.4, -0.2) is 42.9 Å². The Labute approximate surface area is 195 Å². The van der Waals surface area contributed by atoms with E-state index in [9.17, 15) is 0 Å². The van der Waals surface area contributed by atoms with Gasteiger partial charge in [-0.05, 0) is 49.6 Å². The van der Waals surface area contributed by atoms with Crippen LogP contribution in [0.1, 0.15) is 64.3 Å². The molecular formula is C26H33N7. The van der Waals surface area contributed by atoms with Crippen molar-refractivity contribution in [1.82, 2.24) is 29.8 Å². The van der Waals surface area contributed by atoms with Gasteiger partial charge in [-0.1, -0.05) is 40.2 Å². The van der Waals surface area contributed by atoms with Crippen molar-refractivity contribution in [2.45, 2.75) is 59.8 Å². The fraction of sp³-hybridized carbons (Fsp3) is 0.423. The molecule has 0 fully saturated rings. The Kier molecular flexibility index (Phi) is 6.40. The van der Waals surface area contributed by atoms with Crippen molar-refractivity contribution in [3.63, 3.8) is 0 Å². The van der Waals surface area contributed by atoms with Crippen LogP contribution >= 0.6 is 0 Å². The van der Waals surface area contributed by atoms with E-state index in [1.54, 1.807) is 23.1 Å². The molecule has 7 nitrogen and oxygen atoms in total. The molecular weight excluding hydrogens is 410 g/mol. The van der Waals surface area contributed by atoms with Crippen LogP contribution in [0.25, 0.3) is 23.2 Å². The first-order valence-electron chi connectivity index (χ1n) is 11.7. The maximum Gasteiger partial charge on any atom is 0.205 e. The summed E-state index contributed by atoms with van der Waals surface area (Å²) in [5, 5.41) is 14.8. The molecule has 0 saturated carbocycles. The topological polar surface area (TPSA) is 72.1 Å². The minimum Gasteiger partial charge on any atom is -0.372 e. The van der Waals surface area contributed by atoms with Gasteiger partial charge in [0.1, 0.15) is 5.69 Å². The summed E-state index contributed by atoms with van der Waals surface area (Å²) < 4.78 is 1.80. The lowest BCUT2D eigenvalue weighted by atomic mass is 9.90. The first-order valence-corrected chi connectivity index (χ1v) is 11.7. The maximum absolute atomic E-state index is 4.92. The Morgan fingerprint density at radius 3 is 2.55 bits per heavy atom. The molecule has 0 saturated heterocycles. The van der Waals surface area contributed by atoms with E-state index in [4.69, 9.17) is 5.10 Å². The molecule has 1 aromatic carbocycles. The van der Waals surface area contributed by atoms with E-state index in [1.807, 2.05) is 0 Å². The average molecular weight is 444 g/mol. The minimum atomic E-state index is -0.154. The van der Waals surface area contributed by atoms with Gasteiger partial charge >= 0.3 is 0 Å². The molecule has 3 heterocycles. The quantitative estimate of drug-likeness (QED) is 0.423. The molecule has 0 unspecified atom stereocenters. The van der Waals surface area contributed by atoms with Gasteiger partial charge < -0.3 is 4.90 Å². The van der Waals surface area contributed by atoms with Crippen LogP contribution in [0.15, 0.2) is 36.8 Å². The van der Waals surface area contributed by atoms with Crippen molar-refractivity contribution in [1.29, 1.82) is 0 Å². The second-order valence-electron chi connectivity index (χ2n) is 9.48. The second kappa shape index (κ2) is 9.25. The summed E-state index contributed by atoms with van der Waals surface area (Å²) in [5.41, 5.74) is 5.89. The summed E-state index contributed by atoms with van der Waals surface area (Å²) in [4.78, 5) is 11.0. The Hall–Kier alpha value is -3.35. The summed E-state index contributed by atoms with van der Waals surface area (Å²) in [6.45, 7) is 15.2. The summed E-state index contributed by atoms with van der Waals surface area (Å²) in [5.74, 6) is 0.602. The van der Waals surface area contributed by atoms with E-state index in [-0.39, 0.29) is 5.41 Å². The maximum atomic E-state index is 4.92. The van der Waals surface area contributed by atoms with Gasteiger partial charge in [-0.15, -0.1) is 10.2 Å². The van der Waals surface area contributed by atoms with Crippen LogP contribution in [0.5, 0.6) is 0 Å². The molecule has 0 spiro atoms. The third kappa shape index (κ3) is 4.58. The molecule has 0 radical (unpaired) electrons. The molecule has 0 N–H and O–H groups in total. The van der Waals surface area contributed by atoms with Crippen molar-refractivity contribution in [3.8, 4) is 11.5 Å². The first kappa shape index (κ1) is 22.8. The van der Waals surface area contributed by atoms with Crippen LogP contribution in [0.3, 0.4) is 0 Å². The van der Waals surface area contributed by atoms with Gasteiger partial charge in [-0.2, -0.15) is 9.61 Å². The number of hydrogen-bond donors (Lipinski definition) is 0. The predicted octanol–water partition coefficient (Wildman–Crippen LogP) is 4.36. The molecule has 0 amide bonds. The molecule has 0 aliphatic carbocycles. The average Bonchev–Trinajstić information content (AvgIpc) is 3.36. The van der Waals surface area contributed by atoms with Crippen LogP contribution in [0.2, 0.25) is 0 Å². The Bertz CT molecular complexity index is 1290. The summed E-state index contributed by atoms with van der Waals surface area (Å²) in [6, 6.07) is 6.70. The smallest absolute Gasteiger partial charge is 0.205 e. The zero-order valence-corrected chi connectivity index (χ0v) is 20.5. The van der Waals surface area contributed by atoms with Gasteiger partial charge in [-0.25, -0.2) is 4.98 Å². The monoisotopic (exact) mass is 443 g/mol. The number of nitrogens with zero attached hydrogens (tertiary/aromatic N) is 7. The fourth-order valence-electron chi connectivity index (χ4n) is 4.06. The van der Waals surface area contributed by atoms with E-state index in [1.165, 1.54) is 24.1 Å². The minimum absolute atomic E-state index is 0.154. The number of unbranched alkanes of at least 4 members (excludes halogenated alkanes) is 1. The van der Waals surface area contributed by atoms with Crippen LogP contribution in [-0.2, 0) is 5.41 Å². The van der Waals surface area contributed by atoms with E-state index < -0.39 is 0 Å². The lowest BCUT2D eigenvalue weighted by Crippen LogP contribution is -2.24. The standard InChI is InChI=1S/C26H33N7/c1-7-9-14-32(8-2)20-11-10-19(18(3)15-20)16-21-23(26(4,5)6)31-33-24(21)29-30-25(33)22-17-27-12-13-28-22/h10-13,15-17H,7-9,14H2,1-6H3. The van der Waals surface area contributed by atoms with Gasteiger partial charge in [-0.3, -0.25) is 4.98 Å². The molecule has 7 heteroatoms. The fourth-order valence-corrected chi connectivity index (χ4v) is 4.06. The number of benzene rings is 1. The lowest BCUT2D eigenvalue weighted by molar-refractivity contribution is 0.559. The molecule has 4 aromatic rings. The zero-order valence-electron chi connectivity index (χ0n) is 20.5.